The number of pyridine rings is 1. The molecule has 1 fully saturated rings. The van der Waals surface area contributed by atoms with Gasteiger partial charge in [-0.15, -0.1) is 0 Å². The fourth-order valence-electron chi connectivity index (χ4n) is 1.50. The zero-order chi connectivity index (χ0) is 9.26. The fraction of sp³-hybridized carbons (Fsp3) is 0.500. The molecule has 0 saturated heterocycles. The van der Waals surface area contributed by atoms with Gasteiger partial charge in [-0.25, -0.2) is 0 Å². The van der Waals surface area contributed by atoms with E-state index in [1.807, 2.05) is 0 Å². The number of rotatable bonds is 3. The maximum absolute atomic E-state index is 9.19. The van der Waals surface area contributed by atoms with E-state index < -0.39 is 0 Å². The van der Waals surface area contributed by atoms with E-state index in [0.29, 0.717) is 0 Å². The predicted molar refractivity (Wildman–Crippen MR) is 50.2 cm³/mol. The quantitative estimate of drug-likeness (QED) is 0.738. The molecule has 1 aliphatic carbocycles. The summed E-state index contributed by atoms with van der Waals surface area (Å²) in [5.74, 6) is 1.00. The van der Waals surface area contributed by atoms with Crippen LogP contribution >= 0.6 is 0 Å². The molecule has 70 valence electrons. The molecule has 0 radical (unpaired) electrons. The van der Waals surface area contributed by atoms with Crippen molar-refractivity contribution >= 4 is 0 Å². The third-order valence-electron chi connectivity index (χ3n) is 2.46. The van der Waals surface area contributed by atoms with Gasteiger partial charge in [-0.2, -0.15) is 0 Å². The van der Waals surface area contributed by atoms with Crippen molar-refractivity contribution in [3.63, 3.8) is 0 Å². The Bertz CT molecular complexity index is 297. The normalized spacial score (nSPS) is 18.5. The van der Waals surface area contributed by atoms with Crippen LogP contribution in [0.5, 0.6) is 5.75 Å². The molecule has 0 bridgehead atoms. The van der Waals surface area contributed by atoms with Gasteiger partial charge in [0.15, 0.2) is 0 Å². The lowest BCUT2D eigenvalue weighted by molar-refractivity contribution is 0.469. The van der Waals surface area contributed by atoms with Gasteiger partial charge in [0, 0.05) is 12.2 Å². The lowest BCUT2D eigenvalue weighted by Gasteiger charge is -2.10. The van der Waals surface area contributed by atoms with Gasteiger partial charge in [-0.05, 0) is 24.0 Å². The number of nitrogens with two attached hydrogens (primary N) is 1. The third kappa shape index (κ3) is 2.18. The van der Waals surface area contributed by atoms with Crippen LogP contribution in [0.4, 0.5) is 0 Å². The van der Waals surface area contributed by atoms with Crippen LogP contribution in [-0.4, -0.2) is 10.1 Å². The van der Waals surface area contributed by atoms with Crippen molar-refractivity contribution in [1.82, 2.24) is 4.98 Å². The predicted octanol–water partition coefficient (Wildman–Crippen LogP) is 1.59. The summed E-state index contributed by atoms with van der Waals surface area (Å²) < 4.78 is 0. The summed E-state index contributed by atoms with van der Waals surface area (Å²) in [5, 5.41) is 9.19. The van der Waals surface area contributed by atoms with Crippen molar-refractivity contribution in [1.29, 1.82) is 0 Å². The summed E-state index contributed by atoms with van der Waals surface area (Å²) in [7, 11) is 0. The zero-order valence-corrected chi connectivity index (χ0v) is 7.48. The van der Waals surface area contributed by atoms with Crippen LogP contribution in [0.2, 0.25) is 0 Å². The van der Waals surface area contributed by atoms with Crippen molar-refractivity contribution in [3.8, 4) is 5.75 Å². The van der Waals surface area contributed by atoms with Crippen molar-refractivity contribution in [2.24, 2.45) is 11.7 Å². The maximum atomic E-state index is 9.19. The lowest BCUT2D eigenvalue weighted by Crippen LogP contribution is -2.11. The van der Waals surface area contributed by atoms with Crippen LogP contribution in [0.3, 0.4) is 0 Å². The summed E-state index contributed by atoms with van der Waals surface area (Å²) in [5.41, 5.74) is 6.89. The molecule has 1 heterocycles. The molecule has 0 aromatic carbocycles. The first kappa shape index (κ1) is 8.51. The number of aromatic nitrogens is 1. The van der Waals surface area contributed by atoms with Crippen LogP contribution in [-0.2, 0) is 0 Å². The first-order valence-corrected chi connectivity index (χ1v) is 4.65. The summed E-state index contributed by atoms with van der Waals surface area (Å²) in [6, 6.07) is 1.73. The van der Waals surface area contributed by atoms with Gasteiger partial charge in [-0.1, -0.05) is 12.8 Å². The van der Waals surface area contributed by atoms with E-state index in [2.05, 4.69) is 4.98 Å². The van der Waals surface area contributed by atoms with Gasteiger partial charge in [0.05, 0.1) is 6.20 Å². The van der Waals surface area contributed by atoms with Crippen LogP contribution in [0.15, 0.2) is 18.5 Å². The first-order chi connectivity index (χ1) is 6.25. The van der Waals surface area contributed by atoms with E-state index >= 15 is 0 Å². The number of nitrogens with zero attached hydrogens (tertiary/aromatic N) is 1. The Morgan fingerprint density at radius 3 is 2.92 bits per heavy atom. The molecular weight excluding hydrogens is 164 g/mol. The SMILES string of the molecule is N[C@@H](CC1CC1)c1cncc(O)c1. The van der Waals surface area contributed by atoms with E-state index in [1.165, 1.54) is 19.0 Å². The topological polar surface area (TPSA) is 59.1 Å². The van der Waals surface area contributed by atoms with E-state index in [1.54, 1.807) is 12.3 Å². The fourth-order valence-corrected chi connectivity index (χ4v) is 1.50. The third-order valence-corrected chi connectivity index (χ3v) is 2.46. The molecule has 3 heteroatoms. The largest absolute Gasteiger partial charge is 0.506 e. The molecule has 1 aromatic heterocycles. The van der Waals surface area contributed by atoms with E-state index in [0.717, 1.165) is 17.9 Å². The molecular formula is C10H14N2O. The molecule has 1 saturated carbocycles. The second-order valence-corrected chi connectivity index (χ2v) is 3.76. The van der Waals surface area contributed by atoms with Crippen molar-refractivity contribution in [3.05, 3.63) is 24.0 Å². The lowest BCUT2D eigenvalue weighted by atomic mass is 10.0. The minimum absolute atomic E-state index is 0.0344. The maximum Gasteiger partial charge on any atom is 0.134 e. The van der Waals surface area contributed by atoms with Gasteiger partial charge < -0.3 is 10.8 Å². The summed E-state index contributed by atoms with van der Waals surface area (Å²) >= 11 is 0. The Hall–Kier alpha value is -1.09. The van der Waals surface area contributed by atoms with E-state index in [9.17, 15) is 5.11 Å². The molecule has 3 N–H and O–H groups in total. The minimum atomic E-state index is 0.0344. The smallest absolute Gasteiger partial charge is 0.134 e. The van der Waals surface area contributed by atoms with Crippen molar-refractivity contribution in [2.45, 2.75) is 25.3 Å². The second kappa shape index (κ2) is 3.34. The summed E-state index contributed by atoms with van der Waals surface area (Å²) in [4.78, 5) is 3.90. The van der Waals surface area contributed by atoms with Crippen LogP contribution < -0.4 is 5.73 Å². The molecule has 0 amide bonds. The molecule has 2 rings (SSSR count). The highest BCUT2D eigenvalue weighted by atomic mass is 16.3. The molecule has 0 aliphatic heterocycles. The van der Waals surface area contributed by atoms with Crippen LogP contribution in [0.25, 0.3) is 0 Å². The second-order valence-electron chi connectivity index (χ2n) is 3.76. The summed E-state index contributed by atoms with van der Waals surface area (Å²) in [6.07, 6.45) is 6.78. The Labute approximate surface area is 77.6 Å². The average molecular weight is 178 g/mol. The molecule has 0 spiro atoms. The Morgan fingerprint density at radius 1 is 1.54 bits per heavy atom. The highest BCUT2D eigenvalue weighted by molar-refractivity contribution is 5.24. The number of hydrogen-bond donors (Lipinski definition) is 2. The molecule has 1 aliphatic rings. The van der Waals surface area contributed by atoms with Crippen LogP contribution in [0.1, 0.15) is 30.9 Å². The molecule has 1 aromatic rings. The first-order valence-electron chi connectivity index (χ1n) is 4.65. The van der Waals surface area contributed by atoms with E-state index in [-0.39, 0.29) is 11.8 Å². The Kier molecular flexibility index (Phi) is 2.19. The molecule has 0 unspecified atom stereocenters. The minimum Gasteiger partial charge on any atom is -0.506 e. The molecule has 1 atom stereocenters. The summed E-state index contributed by atoms with van der Waals surface area (Å²) in [6.45, 7) is 0. The number of hydrogen-bond acceptors (Lipinski definition) is 3. The highest BCUT2D eigenvalue weighted by Crippen LogP contribution is 2.36. The molecule has 13 heavy (non-hydrogen) atoms. The van der Waals surface area contributed by atoms with Crippen LogP contribution in [0, 0.1) is 5.92 Å². The van der Waals surface area contributed by atoms with E-state index in [4.69, 9.17) is 5.73 Å². The van der Waals surface area contributed by atoms with Gasteiger partial charge in [0.1, 0.15) is 5.75 Å². The average Bonchev–Trinajstić information content (AvgIpc) is 2.88. The van der Waals surface area contributed by atoms with Gasteiger partial charge in [-0.3, -0.25) is 4.98 Å². The molecule has 3 nitrogen and oxygen atoms in total. The number of aromatic hydroxyl groups is 1. The van der Waals surface area contributed by atoms with Gasteiger partial charge >= 0.3 is 0 Å². The zero-order valence-electron chi connectivity index (χ0n) is 7.48. The van der Waals surface area contributed by atoms with Crippen molar-refractivity contribution < 1.29 is 5.11 Å². The monoisotopic (exact) mass is 178 g/mol. The Morgan fingerprint density at radius 2 is 2.31 bits per heavy atom. The van der Waals surface area contributed by atoms with Gasteiger partial charge in [0.2, 0.25) is 0 Å². The Balaban J connectivity index is 2.04. The highest BCUT2D eigenvalue weighted by Gasteiger charge is 2.24. The van der Waals surface area contributed by atoms with Crippen molar-refractivity contribution in [2.75, 3.05) is 0 Å². The van der Waals surface area contributed by atoms with Gasteiger partial charge in [0.25, 0.3) is 0 Å². The standard InChI is InChI=1S/C10H14N2O/c11-10(3-7-1-2-7)8-4-9(13)6-12-5-8/h4-7,10,13H,1-3,11H2/t10-/m0/s1.